The van der Waals surface area contributed by atoms with Crippen LogP contribution in [0.1, 0.15) is 12.8 Å². The van der Waals surface area contributed by atoms with Crippen LogP contribution in [0.3, 0.4) is 0 Å². The molecule has 2 atom stereocenters. The number of hydrogen-bond acceptors (Lipinski definition) is 4. The highest BCUT2D eigenvalue weighted by molar-refractivity contribution is 4.87. The van der Waals surface area contributed by atoms with E-state index < -0.39 is 0 Å². The molecule has 0 bridgehead atoms. The molecule has 0 amide bonds. The van der Waals surface area contributed by atoms with Gasteiger partial charge in [0.15, 0.2) is 0 Å². The van der Waals surface area contributed by atoms with Crippen LogP contribution in [-0.2, 0) is 4.74 Å². The van der Waals surface area contributed by atoms with Crippen molar-refractivity contribution >= 4 is 0 Å². The van der Waals surface area contributed by atoms with Gasteiger partial charge in [0.1, 0.15) is 0 Å². The van der Waals surface area contributed by atoms with E-state index in [2.05, 4.69) is 17.3 Å². The van der Waals surface area contributed by atoms with E-state index in [1.807, 2.05) is 0 Å². The van der Waals surface area contributed by atoms with Crippen molar-refractivity contribution in [2.45, 2.75) is 25.0 Å². The molecule has 0 aromatic carbocycles. The monoisotopic (exact) mass is 214 g/mol. The molecule has 2 aliphatic rings. The molecule has 1 heterocycles. The van der Waals surface area contributed by atoms with Gasteiger partial charge < -0.3 is 15.2 Å². The lowest BCUT2D eigenvalue weighted by Gasteiger charge is -2.25. The molecule has 1 saturated heterocycles. The van der Waals surface area contributed by atoms with Crippen molar-refractivity contribution in [3.8, 4) is 0 Å². The summed E-state index contributed by atoms with van der Waals surface area (Å²) < 4.78 is 5.58. The SMILES string of the molecule is CN(CCOCC1CC1)C1CNCC1O. The maximum atomic E-state index is 9.67. The van der Waals surface area contributed by atoms with Crippen LogP contribution in [-0.4, -0.2) is 62.0 Å². The molecule has 4 heteroatoms. The summed E-state index contributed by atoms with van der Waals surface area (Å²) in [5, 5.41) is 12.9. The minimum absolute atomic E-state index is 0.224. The van der Waals surface area contributed by atoms with Crippen molar-refractivity contribution in [2.75, 3.05) is 39.9 Å². The number of rotatable bonds is 6. The second-order valence-electron chi connectivity index (χ2n) is 4.79. The summed E-state index contributed by atoms with van der Waals surface area (Å²) in [5.41, 5.74) is 0. The van der Waals surface area contributed by atoms with Gasteiger partial charge >= 0.3 is 0 Å². The maximum Gasteiger partial charge on any atom is 0.0831 e. The van der Waals surface area contributed by atoms with Crippen molar-refractivity contribution in [1.82, 2.24) is 10.2 Å². The fourth-order valence-electron chi connectivity index (χ4n) is 2.01. The first kappa shape index (κ1) is 11.3. The Hall–Kier alpha value is -0.160. The number of nitrogens with zero attached hydrogens (tertiary/aromatic N) is 1. The summed E-state index contributed by atoms with van der Waals surface area (Å²) in [5.74, 6) is 0.842. The van der Waals surface area contributed by atoms with Crippen LogP contribution in [0.15, 0.2) is 0 Å². The fourth-order valence-corrected chi connectivity index (χ4v) is 2.01. The van der Waals surface area contributed by atoms with Gasteiger partial charge in [-0.1, -0.05) is 0 Å². The molecule has 1 aliphatic carbocycles. The predicted octanol–water partition coefficient (Wildman–Crippen LogP) is -0.322. The molecule has 1 saturated carbocycles. The second kappa shape index (κ2) is 5.25. The van der Waals surface area contributed by atoms with Crippen molar-refractivity contribution < 1.29 is 9.84 Å². The summed E-state index contributed by atoms with van der Waals surface area (Å²) >= 11 is 0. The van der Waals surface area contributed by atoms with Gasteiger partial charge in [0, 0.05) is 32.3 Å². The number of aliphatic hydroxyl groups is 1. The molecular formula is C11H22N2O2. The quantitative estimate of drug-likeness (QED) is 0.595. The normalized spacial score (nSPS) is 31.4. The van der Waals surface area contributed by atoms with E-state index in [-0.39, 0.29) is 12.1 Å². The Morgan fingerprint density at radius 3 is 2.80 bits per heavy atom. The minimum atomic E-state index is -0.224. The number of likely N-dealkylation sites (N-methyl/N-ethyl adjacent to an activating group) is 1. The number of hydrogen-bond donors (Lipinski definition) is 2. The zero-order chi connectivity index (χ0) is 10.7. The molecule has 1 aliphatic heterocycles. The first-order chi connectivity index (χ1) is 7.27. The van der Waals surface area contributed by atoms with Crippen LogP contribution in [0, 0.1) is 5.92 Å². The molecule has 0 spiro atoms. The number of ether oxygens (including phenoxy) is 1. The Morgan fingerprint density at radius 2 is 2.20 bits per heavy atom. The Bertz CT molecular complexity index is 197. The lowest BCUT2D eigenvalue weighted by Crippen LogP contribution is -2.42. The smallest absolute Gasteiger partial charge is 0.0831 e. The van der Waals surface area contributed by atoms with E-state index in [4.69, 9.17) is 4.74 Å². The van der Waals surface area contributed by atoms with Gasteiger partial charge in [-0.25, -0.2) is 0 Å². The van der Waals surface area contributed by atoms with E-state index in [0.29, 0.717) is 0 Å². The molecule has 88 valence electrons. The Morgan fingerprint density at radius 1 is 1.40 bits per heavy atom. The Balaban J connectivity index is 1.56. The molecule has 0 aromatic heterocycles. The molecule has 0 radical (unpaired) electrons. The number of β-amino-alcohol motifs (C(OH)–C–C–N with tert-alkyl or cyclic N) is 1. The number of aliphatic hydroxyl groups excluding tert-OH is 1. The van der Waals surface area contributed by atoms with E-state index in [1.54, 1.807) is 0 Å². The van der Waals surface area contributed by atoms with Crippen LogP contribution < -0.4 is 5.32 Å². The highest BCUT2D eigenvalue weighted by Crippen LogP contribution is 2.28. The molecule has 2 fully saturated rings. The first-order valence-corrected chi connectivity index (χ1v) is 5.94. The van der Waals surface area contributed by atoms with Crippen LogP contribution in [0.5, 0.6) is 0 Å². The van der Waals surface area contributed by atoms with Gasteiger partial charge in [0.05, 0.1) is 12.7 Å². The predicted molar refractivity (Wildman–Crippen MR) is 58.8 cm³/mol. The maximum absolute atomic E-state index is 9.67. The van der Waals surface area contributed by atoms with Crippen molar-refractivity contribution in [3.05, 3.63) is 0 Å². The highest BCUT2D eigenvalue weighted by Gasteiger charge is 2.28. The molecule has 0 aromatic rings. The van der Waals surface area contributed by atoms with E-state index >= 15 is 0 Å². The van der Waals surface area contributed by atoms with Gasteiger partial charge in [0.25, 0.3) is 0 Å². The van der Waals surface area contributed by atoms with Gasteiger partial charge in [0.2, 0.25) is 0 Å². The molecule has 15 heavy (non-hydrogen) atoms. The van der Waals surface area contributed by atoms with Gasteiger partial charge in [-0.05, 0) is 25.8 Å². The van der Waals surface area contributed by atoms with Crippen molar-refractivity contribution in [1.29, 1.82) is 0 Å². The van der Waals surface area contributed by atoms with Gasteiger partial charge in [-0.3, -0.25) is 4.90 Å². The summed E-state index contributed by atoms with van der Waals surface area (Å²) in [6.07, 6.45) is 2.47. The standard InChI is InChI=1S/C11H22N2O2/c1-13(10-6-12-7-11(10)14)4-5-15-8-9-2-3-9/h9-12,14H,2-8H2,1H3. The fraction of sp³-hybridized carbons (Fsp3) is 1.00. The lowest BCUT2D eigenvalue weighted by atomic mass is 10.2. The molecular weight excluding hydrogens is 192 g/mol. The number of nitrogens with one attached hydrogen (secondary N) is 1. The highest BCUT2D eigenvalue weighted by atomic mass is 16.5. The molecule has 2 unspecified atom stereocenters. The van der Waals surface area contributed by atoms with E-state index in [1.165, 1.54) is 12.8 Å². The zero-order valence-corrected chi connectivity index (χ0v) is 9.48. The minimum Gasteiger partial charge on any atom is -0.390 e. The first-order valence-electron chi connectivity index (χ1n) is 5.94. The van der Waals surface area contributed by atoms with E-state index in [9.17, 15) is 5.11 Å². The molecule has 2 rings (SSSR count). The third-order valence-electron chi connectivity index (χ3n) is 3.36. The van der Waals surface area contributed by atoms with Gasteiger partial charge in [-0.15, -0.1) is 0 Å². The van der Waals surface area contributed by atoms with Crippen LogP contribution in [0.25, 0.3) is 0 Å². The van der Waals surface area contributed by atoms with Gasteiger partial charge in [-0.2, -0.15) is 0 Å². The van der Waals surface area contributed by atoms with Crippen molar-refractivity contribution in [2.24, 2.45) is 5.92 Å². The molecule has 4 nitrogen and oxygen atoms in total. The van der Waals surface area contributed by atoms with Crippen molar-refractivity contribution in [3.63, 3.8) is 0 Å². The Kier molecular flexibility index (Phi) is 3.97. The third kappa shape index (κ3) is 3.41. The lowest BCUT2D eigenvalue weighted by molar-refractivity contribution is 0.0608. The summed E-state index contributed by atoms with van der Waals surface area (Å²) in [6.45, 7) is 4.24. The summed E-state index contributed by atoms with van der Waals surface area (Å²) in [7, 11) is 2.06. The van der Waals surface area contributed by atoms with Crippen LogP contribution >= 0.6 is 0 Å². The largest absolute Gasteiger partial charge is 0.390 e. The van der Waals surface area contributed by atoms with Crippen LogP contribution in [0.2, 0.25) is 0 Å². The summed E-state index contributed by atoms with van der Waals surface area (Å²) in [4.78, 5) is 2.19. The topological polar surface area (TPSA) is 44.7 Å². The zero-order valence-electron chi connectivity index (χ0n) is 9.48. The second-order valence-corrected chi connectivity index (χ2v) is 4.79. The average molecular weight is 214 g/mol. The average Bonchev–Trinajstić information content (AvgIpc) is 2.94. The summed E-state index contributed by atoms with van der Waals surface area (Å²) in [6, 6.07) is 0.259. The van der Waals surface area contributed by atoms with Crippen LogP contribution in [0.4, 0.5) is 0 Å². The Labute approximate surface area is 91.6 Å². The molecule has 2 N–H and O–H groups in total. The van der Waals surface area contributed by atoms with E-state index in [0.717, 1.165) is 38.8 Å². The third-order valence-corrected chi connectivity index (χ3v) is 3.36.